The molecule has 1 saturated heterocycles. The van der Waals surface area contributed by atoms with Gasteiger partial charge in [-0.1, -0.05) is 11.6 Å². The van der Waals surface area contributed by atoms with Gasteiger partial charge in [0.05, 0.1) is 31.7 Å². The summed E-state index contributed by atoms with van der Waals surface area (Å²) in [5, 5.41) is 3.47. The molecule has 0 radical (unpaired) electrons. The Kier molecular flexibility index (Phi) is 6.64. The second kappa shape index (κ2) is 8.95. The number of thiophene rings is 1. The lowest BCUT2D eigenvalue weighted by Crippen LogP contribution is -2.32. The fourth-order valence-electron chi connectivity index (χ4n) is 3.40. The molecule has 2 heterocycles. The lowest BCUT2D eigenvalue weighted by atomic mass is 10.0. The van der Waals surface area contributed by atoms with Crippen LogP contribution in [0.3, 0.4) is 0 Å². The van der Waals surface area contributed by atoms with Crippen LogP contribution in [0.2, 0.25) is 4.34 Å². The predicted octanol–water partition coefficient (Wildman–Crippen LogP) is 3.81. The van der Waals surface area contributed by atoms with Gasteiger partial charge in [-0.2, -0.15) is 0 Å². The first-order valence-corrected chi connectivity index (χ1v) is 9.87. The Balaban J connectivity index is 2.11. The van der Waals surface area contributed by atoms with Crippen molar-refractivity contribution in [3.63, 3.8) is 0 Å². The third-order valence-corrected chi connectivity index (χ3v) is 5.92. The van der Waals surface area contributed by atoms with Crippen LogP contribution in [-0.2, 0) is 0 Å². The van der Waals surface area contributed by atoms with Gasteiger partial charge >= 0.3 is 0 Å². The van der Waals surface area contributed by atoms with E-state index in [2.05, 4.69) is 16.3 Å². The van der Waals surface area contributed by atoms with Crippen LogP contribution in [0.25, 0.3) is 0 Å². The minimum atomic E-state index is 0.0576. The molecule has 3 rings (SSSR count). The molecule has 0 amide bonds. The van der Waals surface area contributed by atoms with E-state index in [0.717, 1.165) is 48.2 Å². The molecule has 1 aliphatic heterocycles. The zero-order chi connectivity index (χ0) is 18.5. The number of methoxy groups -OCH3 is 3. The smallest absolute Gasteiger partial charge is 0.164 e. The van der Waals surface area contributed by atoms with Crippen LogP contribution in [0.4, 0.5) is 0 Å². The Hall–Kier alpha value is -1.47. The minimum Gasteiger partial charge on any atom is -0.496 e. The molecular weight excluding hydrogens is 372 g/mol. The van der Waals surface area contributed by atoms with E-state index in [4.69, 9.17) is 25.8 Å². The van der Waals surface area contributed by atoms with Gasteiger partial charge in [0, 0.05) is 36.1 Å². The molecule has 0 saturated carbocycles. The number of nitrogens with one attached hydrogen (secondary N) is 1. The maximum atomic E-state index is 6.25. The number of ether oxygens (including phenoxy) is 3. The SMILES string of the molecule is COc1cc(OC)c(C(c2ccc(Cl)s2)N2CCCNCC2)cc1OC. The standard InChI is InChI=1S/C19H25ClN2O3S/c1-23-14-12-16(25-3)15(24-2)11-13(14)19(17-5-6-18(20)26-17)22-9-4-7-21-8-10-22/h5-6,11-12,19,21H,4,7-10H2,1-3H3. The summed E-state index contributed by atoms with van der Waals surface area (Å²) in [5.74, 6) is 2.15. The van der Waals surface area contributed by atoms with Gasteiger partial charge in [-0.15, -0.1) is 11.3 Å². The highest BCUT2D eigenvalue weighted by Crippen LogP contribution is 2.43. The summed E-state index contributed by atoms with van der Waals surface area (Å²) < 4.78 is 17.5. The molecule has 1 aromatic carbocycles. The van der Waals surface area contributed by atoms with Gasteiger partial charge < -0.3 is 19.5 Å². The van der Waals surface area contributed by atoms with Crippen LogP contribution in [-0.4, -0.2) is 52.4 Å². The number of benzene rings is 1. The van der Waals surface area contributed by atoms with Gasteiger partial charge in [-0.3, -0.25) is 4.90 Å². The van der Waals surface area contributed by atoms with Crippen LogP contribution in [0.1, 0.15) is 22.9 Å². The summed E-state index contributed by atoms with van der Waals surface area (Å²) in [6.07, 6.45) is 1.10. The van der Waals surface area contributed by atoms with Crippen molar-refractivity contribution in [2.75, 3.05) is 47.5 Å². The van der Waals surface area contributed by atoms with Crippen LogP contribution >= 0.6 is 22.9 Å². The molecule has 0 spiro atoms. The molecule has 5 nitrogen and oxygen atoms in total. The van der Waals surface area contributed by atoms with Crippen LogP contribution in [0, 0.1) is 0 Å². The van der Waals surface area contributed by atoms with E-state index in [1.165, 1.54) is 4.88 Å². The quantitative estimate of drug-likeness (QED) is 0.804. The molecule has 0 bridgehead atoms. The predicted molar refractivity (Wildman–Crippen MR) is 106 cm³/mol. The molecular formula is C19H25ClN2O3S. The van der Waals surface area contributed by atoms with Crippen molar-refractivity contribution in [2.24, 2.45) is 0 Å². The van der Waals surface area contributed by atoms with Gasteiger partial charge in [-0.25, -0.2) is 0 Å². The fourth-order valence-corrected chi connectivity index (χ4v) is 4.61. The molecule has 0 aliphatic carbocycles. The zero-order valence-corrected chi connectivity index (χ0v) is 17.0. The summed E-state index contributed by atoms with van der Waals surface area (Å²) in [4.78, 5) is 3.67. The van der Waals surface area contributed by atoms with Crippen LogP contribution in [0.15, 0.2) is 24.3 Å². The number of rotatable bonds is 6. The molecule has 1 aliphatic rings. The van der Waals surface area contributed by atoms with E-state index in [9.17, 15) is 0 Å². The molecule has 142 valence electrons. The van der Waals surface area contributed by atoms with Crippen LogP contribution in [0.5, 0.6) is 17.2 Å². The highest BCUT2D eigenvalue weighted by molar-refractivity contribution is 7.16. The molecule has 1 fully saturated rings. The topological polar surface area (TPSA) is 43.0 Å². The van der Waals surface area contributed by atoms with Crippen molar-refractivity contribution in [2.45, 2.75) is 12.5 Å². The Morgan fingerprint density at radius 1 is 1.00 bits per heavy atom. The maximum absolute atomic E-state index is 6.25. The first-order valence-electron chi connectivity index (χ1n) is 8.67. The first-order chi connectivity index (χ1) is 12.7. The lowest BCUT2D eigenvalue weighted by molar-refractivity contribution is 0.238. The molecule has 1 atom stereocenters. The van der Waals surface area contributed by atoms with E-state index in [1.807, 2.05) is 18.2 Å². The normalized spacial score (nSPS) is 16.8. The zero-order valence-electron chi connectivity index (χ0n) is 15.4. The molecule has 1 N–H and O–H groups in total. The summed E-state index contributed by atoms with van der Waals surface area (Å²) >= 11 is 7.86. The van der Waals surface area contributed by atoms with E-state index < -0.39 is 0 Å². The van der Waals surface area contributed by atoms with Crippen molar-refractivity contribution in [1.82, 2.24) is 10.2 Å². The fraction of sp³-hybridized carbons (Fsp3) is 0.474. The Morgan fingerprint density at radius 3 is 2.38 bits per heavy atom. The van der Waals surface area contributed by atoms with Crippen molar-refractivity contribution < 1.29 is 14.2 Å². The highest BCUT2D eigenvalue weighted by Gasteiger charge is 2.29. The van der Waals surface area contributed by atoms with Crippen molar-refractivity contribution in [3.8, 4) is 17.2 Å². The first kappa shape index (κ1) is 19.3. The number of halogens is 1. The van der Waals surface area contributed by atoms with Gasteiger partial charge in [-0.05, 0) is 31.2 Å². The second-order valence-electron chi connectivity index (χ2n) is 6.13. The molecule has 2 aromatic rings. The Morgan fingerprint density at radius 2 is 1.73 bits per heavy atom. The van der Waals surface area contributed by atoms with Crippen LogP contribution < -0.4 is 19.5 Å². The summed E-state index contributed by atoms with van der Waals surface area (Å²) in [6.45, 7) is 3.96. The van der Waals surface area contributed by atoms with E-state index >= 15 is 0 Å². The molecule has 1 unspecified atom stereocenters. The third-order valence-electron chi connectivity index (χ3n) is 4.63. The lowest BCUT2D eigenvalue weighted by Gasteiger charge is -2.31. The van der Waals surface area contributed by atoms with Crippen molar-refractivity contribution >= 4 is 22.9 Å². The average Bonchev–Trinajstić information content (AvgIpc) is 2.92. The monoisotopic (exact) mass is 396 g/mol. The van der Waals surface area contributed by atoms with E-state index in [1.54, 1.807) is 32.7 Å². The minimum absolute atomic E-state index is 0.0576. The van der Waals surface area contributed by atoms with Crippen molar-refractivity contribution in [3.05, 3.63) is 39.0 Å². The van der Waals surface area contributed by atoms with Gasteiger partial charge in [0.15, 0.2) is 11.5 Å². The Labute approximate surface area is 163 Å². The second-order valence-corrected chi connectivity index (χ2v) is 7.88. The van der Waals surface area contributed by atoms with E-state index in [0.29, 0.717) is 11.5 Å². The summed E-state index contributed by atoms with van der Waals surface area (Å²) in [5.41, 5.74) is 1.06. The average molecular weight is 397 g/mol. The third kappa shape index (κ3) is 4.09. The van der Waals surface area contributed by atoms with Gasteiger partial charge in [0.25, 0.3) is 0 Å². The number of hydrogen-bond donors (Lipinski definition) is 1. The number of nitrogens with zero attached hydrogens (tertiary/aromatic N) is 1. The van der Waals surface area contributed by atoms with E-state index in [-0.39, 0.29) is 6.04 Å². The van der Waals surface area contributed by atoms with Gasteiger partial charge in [0.2, 0.25) is 0 Å². The molecule has 26 heavy (non-hydrogen) atoms. The Bertz CT molecular complexity index is 730. The van der Waals surface area contributed by atoms with Crippen molar-refractivity contribution in [1.29, 1.82) is 0 Å². The summed E-state index contributed by atoms with van der Waals surface area (Å²) in [6, 6.07) is 8.03. The maximum Gasteiger partial charge on any atom is 0.164 e. The highest BCUT2D eigenvalue weighted by atomic mass is 35.5. The largest absolute Gasteiger partial charge is 0.496 e. The summed E-state index contributed by atoms with van der Waals surface area (Å²) in [7, 11) is 4.97. The van der Waals surface area contributed by atoms with Gasteiger partial charge in [0.1, 0.15) is 5.75 Å². The number of hydrogen-bond acceptors (Lipinski definition) is 6. The molecule has 7 heteroatoms. The molecule has 1 aromatic heterocycles.